The van der Waals surface area contributed by atoms with E-state index < -0.39 is 0 Å². The van der Waals surface area contributed by atoms with Crippen molar-refractivity contribution in [2.75, 3.05) is 25.3 Å². The molecule has 3 aromatic carbocycles. The number of hydrogen-bond donors (Lipinski definition) is 1. The van der Waals surface area contributed by atoms with Crippen molar-refractivity contribution in [3.05, 3.63) is 84.1 Å². The Morgan fingerprint density at radius 1 is 1.06 bits per heavy atom. The third-order valence-electron chi connectivity index (χ3n) is 6.35. The molecule has 7 heteroatoms. The van der Waals surface area contributed by atoms with Crippen molar-refractivity contribution in [3.8, 4) is 28.5 Å². The summed E-state index contributed by atoms with van der Waals surface area (Å²) in [5, 5.41) is 7.86. The van der Waals surface area contributed by atoms with E-state index in [-0.39, 0.29) is 0 Å². The van der Waals surface area contributed by atoms with Gasteiger partial charge in [-0.3, -0.25) is 5.10 Å². The Kier molecular flexibility index (Phi) is 5.55. The van der Waals surface area contributed by atoms with Gasteiger partial charge >= 0.3 is 0 Å². The minimum absolute atomic E-state index is 0.291. The van der Waals surface area contributed by atoms with Gasteiger partial charge in [0.05, 0.1) is 24.7 Å². The van der Waals surface area contributed by atoms with Crippen LogP contribution in [0.3, 0.4) is 0 Å². The Hall–Kier alpha value is -3.58. The highest BCUT2D eigenvalue weighted by Gasteiger charge is 2.26. The van der Waals surface area contributed by atoms with Crippen molar-refractivity contribution in [1.82, 2.24) is 10.2 Å². The fourth-order valence-corrected chi connectivity index (χ4v) is 5.90. The van der Waals surface area contributed by atoms with E-state index in [2.05, 4.69) is 63.6 Å². The molecule has 0 radical (unpaired) electrons. The number of rotatable bonds is 5. The molecule has 0 saturated carbocycles. The van der Waals surface area contributed by atoms with Gasteiger partial charge in [-0.2, -0.15) is 5.10 Å². The molecule has 0 fully saturated rings. The Bertz CT molecular complexity index is 1310. The van der Waals surface area contributed by atoms with Gasteiger partial charge < -0.3 is 19.1 Å². The van der Waals surface area contributed by atoms with Crippen LogP contribution in [0.25, 0.3) is 11.3 Å². The van der Waals surface area contributed by atoms with Gasteiger partial charge in [0.2, 0.25) is 6.79 Å². The summed E-state index contributed by atoms with van der Waals surface area (Å²) < 4.78 is 16.7. The Balaban J connectivity index is 1.33. The van der Waals surface area contributed by atoms with E-state index in [1.807, 2.05) is 36.2 Å². The molecule has 0 bridgehead atoms. The van der Waals surface area contributed by atoms with Crippen molar-refractivity contribution in [3.63, 3.8) is 0 Å². The van der Waals surface area contributed by atoms with Gasteiger partial charge in [-0.1, -0.05) is 36.4 Å². The molecule has 0 aliphatic carbocycles. The maximum atomic E-state index is 5.64. The van der Waals surface area contributed by atoms with Crippen molar-refractivity contribution in [2.24, 2.45) is 0 Å². The minimum Gasteiger partial charge on any atom is -0.497 e. The zero-order chi connectivity index (χ0) is 22.9. The van der Waals surface area contributed by atoms with Crippen LogP contribution in [0.15, 0.2) is 77.8 Å². The van der Waals surface area contributed by atoms with E-state index in [4.69, 9.17) is 14.2 Å². The fraction of sp³-hybridized carbons (Fsp3) is 0.222. The molecular formula is C27H25N3O3S. The first-order chi connectivity index (χ1) is 16.8. The number of thioether (sulfide) groups is 1. The first-order valence-electron chi connectivity index (χ1n) is 11.4. The summed E-state index contributed by atoms with van der Waals surface area (Å²) >= 11 is 1.88. The third kappa shape index (κ3) is 3.96. The quantitative estimate of drug-likeness (QED) is 0.382. The highest BCUT2D eigenvalue weighted by molar-refractivity contribution is 7.99. The largest absolute Gasteiger partial charge is 0.497 e. The molecule has 1 atom stereocenters. The predicted molar refractivity (Wildman–Crippen MR) is 134 cm³/mol. The molecule has 34 heavy (non-hydrogen) atoms. The van der Waals surface area contributed by atoms with Crippen molar-refractivity contribution in [2.45, 2.75) is 23.1 Å². The Morgan fingerprint density at radius 3 is 2.82 bits per heavy atom. The highest BCUT2D eigenvalue weighted by Crippen LogP contribution is 2.48. The molecule has 2 aliphatic heterocycles. The number of nitrogens with zero attached hydrogens (tertiary/aromatic N) is 2. The van der Waals surface area contributed by atoms with Gasteiger partial charge in [-0.25, -0.2) is 0 Å². The molecule has 0 saturated heterocycles. The van der Waals surface area contributed by atoms with Gasteiger partial charge in [-0.05, 0) is 47.9 Å². The zero-order valence-corrected chi connectivity index (χ0v) is 19.7. The number of benzene rings is 3. The normalized spacial score (nSPS) is 16.7. The Morgan fingerprint density at radius 2 is 1.94 bits per heavy atom. The van der Waals surface area contributed by atoms with Gasteiger partial charge in [0.1, 0.15) is 5.75 Å². The zero-order valence-electron chi connectivity index (χ0n) is 18.9. The molecule has 0 unspecified atom stereocenters. The summed E-state index contributed by atoms with van der Waals surface area (Å²) in [5.41, 5.74) is 5.86. The number of aromatic amines is 1. The molecule has 1 N–H and O–H groups in total. The van der Waals surface area contributed by atoms with E-state index in [9.17, 15) is 0 Å². The van der Waals surface area contributed by atoms with Crippen LogP contribution in [-0.4, -0.2) is 30.6 Å². The van der Waals surface area contributed by atoms with Crippen LogP contribution in [0.2, 0.25) is 0 Å². The fourth-order valence-electron chi connectivity index (χ4n) is 4.59. The molecule has 6 nitrogen and oxygen atoms in total. The average molecular weight is 472 g/mol. The van der Waals surface area contributed by atoms with Crippen LogP contribution in [0, 0.1) is 0 Å². The lowest BCUT2D eigenvalue weighted by atomic mass is 10.1. The molecule has 1 aromatic heterocycles. The highest BCUT2D eigenvalue weighted by atomic mass is 32.2. The topological polar surface area (TPSA) is 59.6 Å². The molecule has 6 rings (SSSR count). The van der Waals surface area contributed by atoms with Crippen LogP contribution in [0.4, 0.5) is 5.69 Å². The van der Waals surface area contributed by atoms with Crippen molar-refractivity contribution < 1.29 is 14.2 Å². The number of hydrogen-bond acceptors (Lipinski definition) is 6. The second-order valence-corrected chi connectivity index (χ2v) is 9.64. The first kappa shape index (κ1) is 21.0. The third-order valence-corrected chi connectivity index (χ3v) is 7.72. The van der Waals surface area contributed by atoms with E-state index in [1.165, 1.54) is 21.7 Å². The van der Waals surface area contributed by atoms with E-state index in [0.717, 1.165) is 48.0 Å². The number of methoxy groups -OCH3 is 1. The number of nitrogens with one attached hydrogen (secondary N) is 1. The molecule has 0 spiro atoms. The van der Waals surface area contributed by atoms with E-state index >= 15 is 0 Å². The second-order valence-electron chi connectivity index (χ2n) is 8.40. The van der Waals surface area contributed by atoms with Gasteiger partial charge in [0.15, 0.2) is 11.5 Å². The lowest BCUT2D eigenvalue weighted by Gasteiger charge is -2.25. The molecule has 3 heterocycles. The standard InChI is InChI=1S/C27H25N3O3S/c1-31-21-8-9-22-26(14-21)34-25(19-7-10-23-24(13-19)33-17-32-23)11-12-30(22)16-20-15-28-29-27(20)18-5-3-2-4-6-18/h2-10,13-15,25H,11-12,16-17H2,1H3,(H,28,29)/t25-/m0/s1. The summed E-state index contributed by atoms with van der Waals surface area (Å²) in [5.74, 6) is 2.52. The van der Waals surface area contributed by atoms with Gasteiger partial charge in [-0.15, -0.1) is 11.8 Å². The Labute approximate surface area is 202 Å². The van der Waals surface area contributed by atoms with Gasteiger partial charge in [0, 0.05) is 28.8 Å². The summed E-state index contributed by atoms with van der Waals surface area (Å²) in [6.07, 6.45) is 2.94. The van der Waals surface area contributed by atoms with Crippen LogP contribution >= 0.6 is 11.8 Å². The summed E-state index contributed by atoms with van der Waals surface area (Å²) in [6.45, 7) is 1.98. The number of ether oxygens (including phenoxy) is 3. The lowest BCUT2D eigenvalue weighted by molar-refractivity contribution is 0.174. The first-order valence-corrected chi connectivity index (χ1v) is 12.2. The van der Waals surface area contributed by atoms with Crippen LogP contribution < -0.4 is 19.1 Å². The summed E-state index contributed by atoms with van der Waals surface area (Å²) in [6, 6.07) is 23.0. The monoisotopic (exact) mass is 471 g/mol. The second kappa shape index (κ2) is 8.99. The maximum absolute atomic E-state index is 5.64. The molecule has 172 valence electrons. The van der Waals surface area contributed by atoms with Crippen LogP contribution in [0.1, 0.15) is 22.8 Å². The lowest BCUT2D eigenvalue weighted by Crippen LogP contribution is -2.24. The number of aromatic nitrogens is 2. The van der Waals surface area contributed by atoms with Crippen molar-refractivity contribution >= 4 is 17.4 Å². The maximum Gasteiger partial charge on any atom is 0.231 e. The summed E-state index contributed by atoms with van der Waals surface area (Å²) in [4.78, 5) is 3.66. The average Bonchev–Trinajstić information content (AvgIpc) is 3.51. The molecule has 0 amide bonds. The predicted octanol–water partition coefficient (Wildman–Crippen LogP) is 6.06. The van der Waals surface area contributed by atoms with Crippen LogP contribution in [-0.2, 0) is 6.54 Å². The molecule has 4 aromatic rings. The number of H-pyrrole nitrogens is 1. The summed E-state index contributed by atoms with van der Waals surface area (Å²) in [7, 11) is 1.72. The molecule has 2 aliphatic rings. The minimum atomic E-state index is 0.291. The smallest absolute Gasteiger partial charge is 0.231 e. The number of fused-ring (bicyclic) bond motifs is 2. The van der Waals surface area contributed by atoms with Crippen molar-refractivity contribution in [1.29, 1.82) is 0 Å². The van der Waals surface area contributed by atoms with E-state index in [0.29, 0.717) is 12.0 Å². The number of anilines is 1. The van der Waals surface area contributed by atoms with Gasteiger partial charge in [0.25, 0.3) is 0 Å². The van der Waals surface area contributed by atoms with Crippen LogP contribution in [0.5, 0.6) is 17.2 Å². The van der Waals surface area contributed by atoms with E-state index in [1.54, 1.807) is 7.11 Å². The molecular weight excluding hydrogens is 446 g/mol. The SMILES string of the molecule is COc1ccc2c(c1)S[C@H](c1ccc3c(c1)OCO3)CCN2Cc1cn[nH]c1-c1ccccc1.